The van der Waals surface area contributed by atoms with E-state index in [0.29, 0.717) is 6.54 Å². The van der Waals surface area contributed by atoms with Gasteiger partial charge in [-0.3, -0.25) is 14.6 Å². The largest absolute Gasteiger partial charge is 0.325 e. The van der Waals surface area contributed by atoms with E-state index in [9.17, 15) is 4.79 Å². The van der Waals surface area contributed by atoms with Crippen LogP contribution in [0.15, 0.2) is 48.5 Å². The molecule has 2 aromatic carbocycles. The lowest BCUT2D eigenvalue weighted by Crippen LogP contribution is -2.31. The molecule has 1 aliphatic rings. The van der Waals surface area contributed by atoms with Crippen LogP contribution in [0.3, 0.4) is 0 Å². The van der Waals surface area contributed by atoms with Crippen LogP contribution in [-0.4, -0.2) is 42.4 Å². The molecule has 1 aliphatic heterocycles. The van der Waals surface area contributed by atoms with Gasteiger partial charge in [-0.2, -0.15) is 0 Å². The molecule has 0 saturated carbocycles. The molecule has 1 heterocycles. The first-order valence-corrected chi connectivity index (χ1v) is 9.94. The maximum Gasteiger partial charge on any atom is 0.238 e. The average molecular weight is 366 g/mol. The average Bonchev–Trinajstić information content (AvgIpc) is 2.66. The van der Waals surface area contributed by atoms with Gasteiger partial charge in [0.15, 0.2) is 0 Å². The van der Waals surface area contributed by atoms with Crippen molar-refractivity contribution in [2.75, 3.05) is 32.0 Å². The fraction of sp³-hybridized carbons (Fsp3) is 0.435. The molecular formula is C23H31N3O. The number of aryl methyl sites for hydroxylation is 1. The van der Waals surface area contributed by atoms with Crippen LogP contribution in [0.5, 0.6) is 0 Å². The molecule has 0 radical (unpaired) electrons. The number of rotatable bonds is 7. The van der Waals surface area contributed by atoms with Crippen molar-refractivity contribution in [2.45, 2.75) is 39.3 Å². The Balaban J connectivity index is 1.54. The number of amides is 1. The van der Waals surface area contributed by atoms with Gasteiger partial charge in [0.2, 0.25) is 5.91 Å². The Hall–Kier alpha value is -2.17. The van der Waals surface area contributed by atoms with E-state index in [1.807, 2.05) is 24.1 Å². The first-order chi connectivity index (χ1) is 13.1. The van der Waals surface area contributed by atoms with E-state index < -0.39 is 0 Å². The van der Waals surface area contributed by atoms with Crippen molar-refractivity contribution in [1.29, 1.82) is 0 Å². The van der Waals surface area contributed by atoms with Gasteiger partial charge in [-0.05, 0) is 57.1 Å². The van der Waals surface area contributed by atoms with E-state index in [0.717, 1.165) is 31.9 Å². The Kier molecular flexibility index (Phi) is 7.02. The number of likely N-dealkylation sites (N-methyl/N-ethyl adjacent to an activating group) is 1. The summed E-state index contributed by atoms with van der Waals surface area (Å²) in [7, 11) is 1.99. The molecule has 1 N–H and O–H groups in total. The zero-order valence-corrected chi connectivity index (χ0v) is 16.6. The minimum atomic E-state index is 0.0377. The highest BCUT2D eigenvalue weighted by Crippen LogP contribution is 2.20. The van der Waals surface area contributed by atoms with Gasteiger partial charge in [0.05, 0.1) is 6.54 Å². The summed E-state index contributed by atoms with van der Waals surface area (Å²) in [6, 6.07) is 16.6. The Morgan fingerprint density at radius 2 is 1.74 bits per heavy atom. The number of piperidine rings is 1. The van der Waals surface area contributed by atoms with Crippen molar-refractivity contribution in [3.05, 3.63) is 65.2 Å². The van der Waals surface area contributed by atoms with Gasteiger partial charge >= 0.3 is 0 Å². The van der Waals surface area contributed by atoms with Crippen LogP contribution in [0.4, 0.5) is 5.69 Å². The summed E-state index contributed by atoms with van der Waals surface area (Å²) in [5.74, 6) is 0.0377. The summed E-state index contributed by atoms with van der Waals surface area (Å²) in [4.78, 5) is 17.1. The summed E-state index contributed by atoms with van der Waals surface area (Å²) in [5, 5.41) is 3.12. The maximum atomic E-state index is 12.5. The van der Waals surface area contributed by atoms with E-state index in [4.69, 9.17) is 0 Å². The highest BCUT2D eigenvalue weighted by atomic mass is 16.2. The lowest BCUT2D eigenvalue weighted by molar-refractivity contribution is -0.117. The number of nitrogens with one attached hydrogen (secondary N) is 1. The molecule has 4 heteroatoms. The fourth-order valence-electron chi connectivity index (χ4n) is 3.63. The Morgan fingerprint density at radius 3 is 2.48 bits per heavy atom. The zero-order valence-electron chi connectivity index (χ0n) is 16.6. The summed E-state index contributed by atoms with van der Waals surface area (Å²) in [6.07, 6.45) is 3.89. The van der Waals surface area contributed by atoms with Crippen LogP contribution >= 0.6 is 0 Å². The van der Waals surface area contributed by atoms with Crippen molar-refractivity contribution in [3.8, 4) is 0 Å². The van der Waals surface area contributed by atoms with Crippen LogP contribution in [0.2, 0.25) is 0 Å². The predicted octanol–water partition coefficient (Wildman–Crippen LogP) is 4.05. The SMILES string of the molecule is Cc1ccc(CN(C)CC(=O)Nc2ccccc2CN2CCCCC2)cc1. The lowest BCUT2D eigenvalue weighted by Gasteiger charge is -2.27. The number of likely N-dealkylation sites (tertiary alicyclic amines) is 1. The second-order valence-electron chi connectivity index (χ2n) is 7.70. The van der Waals surface area contributed by atoms with E-state index in [1.165, 1.54) is 36.0 Å². The second kappa shape index (κ2) is 9.67. The number of nitrogens with zero attached hydrogens (tertiary/aromatic N) is 2. The van der Waals surface area contributed by atoms with Crippen LogP contribution in [0.25, 0.3) is 0 Å². The minimum absolute atomic E-state index is 0.0377. The Morgan fingerprint density at radius 1 is 1.04 bits per heavy atom. The number of hydrogen-bond acceptors (Lipinski definition) is 3. The van der Waals surface area contributed by atoms with Gasteiger partial charge in [-0.1, -0.05) is 54.4 Å². The number of carbonyl (C=O) groups excluding carboxylic acids is 1. The quantitative estimate of drug-likeness (QED) is 0.804. The van der Waals surface area contributed by atoms with E-state index in [-0.39, 0.29) is 5.91 Å². The third-order valence-electron chi connectivity index (χ3n) is 5.12. The molecule has 1 amide bonds. The topological polar surface area (TPSA) is 35.6 Å². The van der Waals surface area contributed by atoms with Gasteiger partial charge < -0.3 is 5.32 Å². The molecule has 27 heavy (non-hydrogen) atoms. The monoisotopic (exact) mass is 365 g/mol. The lowest BCUT2D eigenvalue weighted by atomic mass is 10.1. The molecule has 0 unspecified atom stereocenters. The summed E-state index contributed by atoms with van der Waals surface area (Å²) >= 11 is 0. The van der Waals surface area contributed by atoms with E-state index >= 15 is 0 Å². The molecule has 0 aliphatic carbocycles. The van der Waals surface area contributed by atoms with Gasteiger partial charge in [0, 0.05) is 18.8 Å². The fourth-order valence-corrected chi connectivity index (χ4v) is 3.63. The Bertz CT molecular complexity index is 736. The third kappa shape index (κ3) is 6.19. The molecule has 1 saturated heterocycles. The normalized spacial score (nSPS) is 15.1. The molecule has 0 spiro atoms. The first-order valence-electron chi connectivity index (χ1n) is 9.94. The van der Waals surface area contributed by atoms with Crippen LogP contribution < -0.4 is 5.32 Å². The van der Waals surface area contributed by atoms with Crippen LogP contribution in [0.1, 0.15) is 36.0 Å². The van der Waals surface area contributed by atoms with Crippen LogP contribution in [0, 0.1) is 6.92 Å². The summed E-state index contributed by atoms with van der Waals surface area (Å²) < 4.78 is 0. The molecular weight excluding hydrogens is 334 g/mol. The molecule has 2 aromatic rings. The van der Waals surface area contributed by atoms with Gasteiger partial charge in [0.25, 0.3) is 0 Å². The first kappa shape index (κ1) is 19.6. The van der Waals surface area contributed by atoms with Gasteiger partial charge in [-0.15, -0.1) is 0 Å². The smallest absolute Gasteiger partial charge is 0.238 e. The molecule has 0 atom stereocenters. The second-order valence-corrected chi connectivity index (χ2v) is 7.70. The van der Waals surface area contributed by atoms with Crippen molar-refractivity contribution >= 4 is 11.6 Å². The van der Waals surface area contributed by atoms with Gasteiger partial charge in [0.1, 0.15) is 0 Å². The van der Waals surface area contributed by atoms with E-state index in [1.54, 1.807) is 0 Å². The van der Waals surface area contributed by atoms with Crippen molar-refractivity contribution < 1.29 is 4.79 Å². The van der Waals surface area contributed by atoms with Crippen molar-refractivity contribution in [3.63, 3.8) is 0 Å². The molecule has 1 fully saturated rings. The number of carbonyl (C=O) groups is 1. The maximum absolute atomic E-state index is 12.5. The Labute approximate surface area is 163 Å². The summed E-state index contributed by atoms with van der Waals surface area (Å²) in [5.41, 5.74) is 4.62. The highest BCUT2D eigenvalue weighted by Gasteiger charge is 2.14. The van der Waals surface area contributed by atoms with Gasteiger partial charge in [-0.25, -0.2) is 0 Å². The number of para-hydroxylation sites is 1. The molecule has 0 bridgehead atoms. The molecule has 4 nitrogen and oxygen atoms in total. The predicted molar refractivity (Wildman–Crippen MR) is 112 cm³/mol. The van der Waals surface area contributed by atoms with Crippen LogP contribution in [-0.2, 0) is 17.9 Å². The molecule has 144 valence electrons. The van der Waals surface area contributed by atoms with Crippen molar-refractivity contribution in [1.82, 2.24) is 9.80 Å². The minimum Gasteiger partial charge on any atom is -0.325 e. The standard InChI is InChI=1S/C23H31N3O/c1-19-10-12-20(13-11-19)16-25(2)18-23(27)24-22-9-5-4-8-21(22)17-26-14-6-3-7-15-26/h4-5,8-13H,3,6-7,14-18H2,1-2H3,(H,24,27). The third-order valence-corrected chi connectivity index (χ3v) is 5.12. The molecule has 0 aromatic heterocycles. The van der Waals surface area contributed by atoms with E-state index in [2.05, 4.69) is 53.5 Å². The number of anilines is 1. The zero-order chi connectivity index (χ0) is 19.1. The highest BCUT2D eigenvalue weighted by molar-refractivity contribution is 5.92. The number of benzene rings is 2. The molecule has 3 rings (SSSR count). The van der Waals surface area contributed by atoms with Crippen molar-refractivity contribution in [2.24, 2.45) is 0 Å². The number of hydrogen-bond donors (Lipinski definition) is 1. The summed E-state index contributed by atoms with van der Waals surface area (Å²) in [6.45, 7) is 6.45.